The standard InChI is InChI=1S/C21H25N3O3S/c1-15-10-11-17(16(2)13-15)7-6-12-22-20(25)14-24(3)21-18-8-4-5-9-19(18)28(26,27)23-21/h4-5,8-11,13H,6-7,12,14H2,1-3H3,(H,22,25). The minimum atomic E-state index is -3.68. The minimum Gasteiger partial charge on any atom is -0.355 e. The summed E-state index contributed by atoms with van der Waals surface area (Å²) in [6.45, 7) is 4.80. The lowest BCUT2D eigenvalue weighted by molar-refractivity contribution is -0.121. The summed E-state index contributed by atoms with van der Waals surface area (Å²) in [7, 11) is -2.01. The second-order valence-corrected chi connectivity index (χ2v) is 8.70. The minimum absolute atomic E-state index is 0.0479. The van der Waals surface area contributed by atoms with Crippen LogP contribution in [0.25, 0.3) is 0 Å². The molecule has 0 bridgehead atoms. The maximum Gasteiger partial charge on any atom is 0.285 e. The van der Waals surface area contributed by atoms with E-state index in [9.17, 15) is 13.2 Å². The van der Waals surface area contributed by atoms with Crippen molar-refractivity contribution in [1.82, 2.24) is 10.2 Å². The van der Waals surface area contributed by atoms with E-state index in [1.54, 1.807) is 30.1 Å². The molecule has 0 saturated carbocycles. The number of amides is 1. The van der Waals surface area contributed by atoms with Gasteiger partial charge in [0.15, 0.2) is 5.84 Å². The number of nitrogens with one attached hydrogen (secondary N) is 1. The first-order chi connectivity index (χ1) is 13.3. The largest absolute Gasteiger partial charge is 0.355 e. The summed E-state index contributed by atoms with van der Waals surface area (Å²) in [5.74, 6) is 0.147. The number of carbonyl (C=O) groups is 1. The van der Waals surface area contributed by atoms with Gasteiger partial charge in [0.2, 0.25) is 5.91 Å². The molecule has 0 atom stereocenters. The quantitative estimate of drug-likeness (QED) is 0.757. The van der Waals surface area contributed by atoms with Crippen LogP contribution in [0.4, 0.5) is 0 Å². The van der Waals surface area contributed by atoms with Crippen LogP contribution in [0, 0.1) is 13.8 Å². The third-order valence-corrected chi connectivity index (χ3v) is 6.12. The Hall–Kier alpha value is -2.67. The zero-order valence-corrected chi connectivity index (χ0v) is 17.2. The molecule has 1 amide bonds. The summed E-state index contributed by atoms with van der Waals surface area (Å²) >= 11 is 0. The fourth-order valence-corrected chi connectivity index (χ4v) is 4.59. The molecule has 7 heteroatoms. The Balaban J connectivity index is 1.51. The number of sulfonamides is 1. The Morgan fingerprint density at radius 3 is 2.64 bits per heavy atom. The van der Waals surface area contributed by atoms with Gasteiger partial charge in [0.05, 0.1) is 6.54 Å². The van der Waals surface area contributed by atoms with Crippen molar-refractivity contribution in [2.45, 2.75) is 31.6 Å². The highest BCUT2D eigenvalue weighted by molar-refractivity contribution is 7.90. The number of nitrogens with zero attached hydrogens (tertiary/aromatic N) is 2. The second kappa shape index (κ2) is 8.14. The van der Waals surface area contributed by atoms with Crippen molar-refractivity contribution >= 4 is 21.8 Å². The monoisotopic (exact) mass is 399 g/mol. The molecule has 2 aromatic rings. The lowest BCUT2D eigenvalue weighted by atomic mass is 10.0. The molecule has 0 aliphatic carbocycles. The molecule has 148 valence electrons. The molecule has 3 rings (SSSR count). The van der Waals surface area contributed by atoms with E-state index in [2.05, 4.69) is 41.8 Å². The lowest BCUT2D eigenvalue weighted by Gasteiger charge is -2.18. The molecular weight excluding hydrogens is 374 g/mol. The Kier molecular flexibility index (Phi) is 5.84. The molecule has 28 heavy (non-hydrogen) atoms. The van der Waals surface area contributed by atoms with Crippen LogP contribution in [0.15, 0.2) is 51.8 Å². The van der Waals surface area contributed by atoms with Crippen LogP contribution >= 0.6 is 0 Å². The van der Waals surface area contributed by atoms with Crippen molar-refractivity contribution in [2.75, 3.05) is 20.1 Å². The molecular formula is C21H25N3O3S. The molecule has 1 aliphatic heterocycles. The number of benzene rings is 2. The number of aryl methyl sites for hydroxylation is 3. The first-order valence-corrected chi connectivity index (χ1v) is 10.7. The molecule has 0 fully saturated rings. The van der Waals surface area contributed by atoms with Gasteiger partial charge in [0, 0.05) is 19.2 Å². The van der Waals surface area contributed by atoms with E-state index in [1.165, 1.54) is 22.8 Å². The van der Waals surface area contributed by atoms with Crippen molar-refractivity contribution in [2.24, 2.45) is 4.40 Å². The summed E-state index contributed by atoms with van der Waals surface area (Å²) in [6.07, 6.45) is 1.75. The van der Waals surface area contributed by atoms with Crippen LogP contribution in [-0.2, 0) is 21.2 Å². The van der Waals surface area contributed by atoms with Gasteiger partial charge in [0.25, 0.3) is 10.0 Å². The number of hydrogen-bond acceptors (Lipinski definition) is 4. The van der Waals surface area contributed by atoms with Gasteiger partial charge in [-0.25, -0.2) is 0 Å². The first kappa shape index (κ1) is 20.1. The molecule has 1 aliphatic rings. The number of carbonyl (C=O) groups excluding carboxylic acids is 1. The molecule has 1 N–H and O–H groups in total. The SMILES string of the molecule is Cc1ccc(CCCNC(=O)CN(C)C2=NS(=O)(=O)c3ccccc32)c(C)c1. The van der Waals surface area contributed by atoms with Gasteiger partial charge in [-0.1, -0.05) is 35.9 Å². The average Bonchev–Trinajstić information content (AvgIpc) is 2.92. The van der Waals surface area contributed by atoms with Gasteiger partial charge in [-0.15, -0.1) is 4.40 Å². The number of likely N-dealkylation sites (N-methyl/N-ethyl adjacent to an activating group) is 1. The lowest BCUT2D eigenvalue weighted by Crippen LogP contribution is -2.38. The van der Waals surface area contributed by atoms with Crippen molar-refractivity contribution in [3.05, 3.63) is 64.7 Å². The third-order valence-electron chi connectivity index (χ3n) is 4.80. The molecule has 0 saturated heterocycles. The zero-order valence-electron chi connectivity index (χ0n) is 16.4. The van der Waals surface area contributed by atoms with Gasteiger partial charge < -0.3 is 10.2 Å². The van der Waals surface area contributed by atoms with E-state index < -0.39 is 10.0 Å². The van der Waals surface area contributed by atoms with E-state index in [0.717, 1.165) is 12.8 Å². The van der Waals surface area contributed by atoms with Crippen molar-refractivity contribution in [3.63, 3.8) is 0 Å². The molecule has 2 aromatic carbocycles. The second-order valence-electron chi connectivity index (χ2n) is 7.13. The summed E-state index contributed by atoms with van der Waals surface area (Å²) in [4.78, 5) is 14.0. The van der Waals surface area contributed by atoms with Crippen LogP contribution in [0.3, 0.4) is 0 Å². The molecule has 1 heterocycles. The van der Waals surface area contributed by atoms with E-state index >= 15 is 0 Å². The predicted molar refractivity (Wildman–Crippen MR) is 110 cm³/mol. The van der Waals surface area contributed by atoms with Gasteiger partial charge >= 0.3 is 0 Å². The molecule has 0 unspecified atom stereocenters. The number of rotatable bonds is 6. The fourth-order valence-electron chi connectivity index (χ4n) is 3.34. The fraction of sp³-hybridized carbons (Fsp3) is 0.333. The number of fused-ring (bicyclic) bond motifs is 1. The third kappa shape index (κ3) is 4.42. The van der Waals surface area contributed by atoms with Crippen molar-refractivity contribution in [3.8, 4) is 0 Å². The highest BCUT2D eigenvalue weighted by Crippen LogP contribution is 2.26. The van der Waals surface area contributed by atoms with Crippen LogP contribution < -0.4 is 5.32 Å². The Morgan fingerprint density at radius 2 is 1.89 bits per heavy atom. The van der Waals surface area contributed by atoms with E-state index in [1.807, 2.05) is 0 Å². The normalized spacial score (nSPS) is 14.3. The van der Waals surface area contributed by atoms with E-state index in [0.29, 0.717) is 17.9 Å². The summed E-state index contributed by atoms with van der Waals surface area (Å²) < 4.78 is 28.1. The summed E-state index contributed by atoms with van der Waals surface area (Å²) in [5, 5.41) is 2.90. The Bertz CT molecular complexity index is 1030. The Labute approximate surface area is 166 Å². The predicted octanol–water partition coefficient (Wildman–Crippen LogP) is 2.43. The van der Waals surface area contributed by atoms with Crippen molar-refractivity contribution in [1.29, 1.82) is 0 Å². The van der Waals surface area contributed by atoms with Gasteiger partial charge in [0.1, 0.15) is 4.90 Å². The molecule has 0 aromatic heterocycles. The van der Waals surface area contributed by atoms with E-state index in [4.69, 9.17) is 0 Å². The van der Waals surface area contributed by atoms with Crippen LogP contribution in [0.2, 0.25) is 0 Å². The molecule has 0 radical (unpaired) electrons. The first-order valence-electron chi connectivity index (χ1n) is 9.26. The topological polar surface area (TPSA) is 78.8 Å². The number of hydrogen-bond donors (Lipinski definition) is 1. The molecule has 6 nitrogen and oxygen atoms in total. The van der Waals surface area contributed by atoms with Gasteiger partial charge in [-0.3, -0.25) is 4.79 Å². The maximum absolute atomic E-state index is 12.2. The van der Waals surface area contributed by atoms with Gasteiger partial charge in [-0.05, 0) is 49.9 Å². The van der Waals surface area contributed by atoms with Crippen LogP contribution in [0.5, 0.6) is 0 Å². The molecule has 0 spiro atoms. The van der Waals surface area contributed by atoms with Crippen LogP contribution in [-0.4, -0.2) is 45.2 Å². The zero-order chi connectivity index (χ0) is 20.3. The number of amidine groups is 1. The maximum atomic E-state index is 12.2. The summed E-state index contributed by atoms with van der Waals surface area (Å²) in [6, 6.07) is 13.1. The van der Waals surface area contributed by atoms with Gasteiger partial charge in [-0.2, -0.15) is 8.42 Å². The summed E-state index contributed by atoms with van der Waals surface area (Å²) in [5.41, 5.74) is 4.34. The highest BCUT2D eigenvalue weighted by atomic mass is 32.2. The van der Waals surface area contributed by atoms with Crippen LogP contribution in [0.1, 0.15) is 28.7 Å². The van der Waals surface area contributed by atoms with Crippen molar-refractivity contribution < 1.29 is 13.2 Å². The van der Waals surface area contributed by atoms with E-state index in [-0.39, 0.29) is 17.3 Å². The average molecular weight is 400 g/mol. The Morgan fingerprint density at radius 1 is 1.14 bits per heavy atom. The highest BCUT2D eigenvalue weighted by Gasteiger charge is 2.30. The smallest absolute Gasteiger partial charge is 0.285 e.